The van der Waals surface area contributed by atoms with Crippen molar-refractivity contribution >= 4 is 63.0 Å². The number of anilines is 1. The number of carboxylic acids is 1. The van der Waals surface area contributed by atoms with Gasteiger partial charge in [0.15, 0.2) is 17.2 Å². The molecule has 0 aliphatic carbocycles. The molecule has 5 aromatic rings. The predicted octanol–water partition coefficient (Wildman–Crippen LogP) is 6.78. The van der Waals surface area contributed by atoms with Gasteiger partial charge in [-0.05, 0) is 84.7 Å². The maximum absolute atomic E-state index is 14.0. The first kappa shape index (κ1) is 38.6. The first-order valence-electron chi connectivity index (χ1n) is 18.9. The van der Waals surface area contributed by atoms with E-state index in [9.17, 15) is 14.4 Å². The first-order valence-corrected chi connectivity index (χ1v) is 18.9. The molecule has 0 bridgehead atoms. The van der Waals surface area contributed by atoms with Crippen LogP contribution in [0.25, 0.3) is 39.2 Å². The zero-order valence-electron chi connectivity index (χ0n) is 32.6. The van der Waals surface area contributed by atoms with Gasteiger partial charge in [0.2, 0.25) is 0 Å². The van der Waals surface area contributed by atoms with Crippen LogP contribution in [-0.2, 0) is 23.8 Å². The van der Waals surface area contributed by atoms with Crippen molar-refractivity contribution in [1.29, 1.82) is 0 Å². The number of benzene rings is 2. The number of aromatic nitrogens is 4. The number of likely N-dealkylation sites (tertiary alicyclic amines) is 1. The van der Waals surface area contributed by atoms with Gasteiger partial charge in [0, 0.05) is 30.9 Å². The average molecular weight is 769 g/mol. The van der Waals surface area contributed by atoms with Gasteiger partial charge in [-0.3, -0.25) is 4.57 Å². The zero-order chi connectivity index (χ0) is 39.8. The van der Waals surface area contributed by atoms with Crippen molar-refractivity contribution in [1.82, 2.24) is 24.4 Å². The third-order valence-electron chi connectivity index (χ3n) is 9.46. The third-order valence-corrected chi connectivity index (χ3v) is 9.46. The summed E-state index contributed by atoms with van der Waals surface area (Å²) in [7, 11) is 0. The van der Waals surface area contributed by atoms with Gasteiger partial charge in [-0.25, -0.2) is 24.4 Å². The van der Waals surface area contributed by atoms with Gasteiger partial charge in [0.25, 0.3) is 6.01 Å². The Morgan fingerprint density at radius 2 is 1.64 bits per heavy atom. The number of imidazole rings is 1. The van der Waals surface area contributed by atoms with Crippen LogP contribution in [0.1, 0.15) is 72.7 Å². The second-order valence-corrected chi connectivity index (χ2v) is 16.1. The number of esters is 1. The summed E-state index contributed by atoms with van der Waals surface area (Å²) in [5.41, 5.74) is 1.93. The third kappa shape index (κ3) is 8.57. The topological polar surface area (TPSA) is 172 Å². The van der Waals surface area contributed by atoms with E-state index in [-0.39, 0.29) is 31.7 Å². The zero-order valence-corrected chi connectivity index (χ0v) is 32.6. The summed E-state index contributed by atoms with van der Waals surface area (Å²) in [5.74, 6) is -0.790. The number of piperidine rings is 1. The number of furan rings is 1. The van der Waals surface area contributed by atoms with Gasteiger partial charge < -0.3 is 38.3 Å². The average Bonchev–Trinajstić information content (AvgIpc) is 3.83. The van der Waals surface area contributed by atoms with Gasteiger partial charge in [-0.15, -0.1) is 0 Å². The highest BCUT2D eigenvalue weighted by atomic mass is 16.6. The standard InChI is InChI=1S/C41H48N6O9/c1-40(2,3)55-37(50)30-22-26(53-38-42-28-13-8-9-14-29(28)47(38)25-17-19-45(20-18-25)39(51)56-41(4,5)6)23-46(30)36-35-34(27-12-7-10-15-31(27)54-35)43-32(44-36)16-11-21-52-24-33(48)49/h7-16,25-26,30H,17-24H2,1-6H3,(H,48,49)/t26-,30-/m0/s1. The first-order chi connectivity index (χ1) is 26.6. The molecular weight excluding hydrogens is 720 g/mol. The minimum atomic E-state index is -1.07. The molecule has 15 heteroatoms. The lowest BCUT2D eigenvalue weighted by Gasteiger charge is -2.34. The Kier molecular flexibility index (Phi) is 10.6. The molecule has 296 valence electrons. The van der Waals surface area contributed by atoms with Crippen LogP contribution in [0.15, 0.2) is 59.0 Å². The van der Waals surface area contributed by atoms with Crippen LogP contribution in [0.4, 0.5) is 10.6 Å². The number of rotatable bonds is 10. The molecule has 3 aromatic heterocycles. The lowest BCUT2D eigenvalue weighted by atomic mass is 10.0. The fourth-order valence-electron chi connectivity index (χ4n) is 7.18. The molecule has 0 unspecified atom stereocenters. The van der Waals surface area contributed by atoms with Crippen LogP contribution in [-0.4, -0.2) is 104 Å². The molecule has 0 spiro atoms. The normalized spacial score (nSPS) is 18.4. The smallest absolute Gasteiger partial charge is 0.410 e. The van der Waals surface area contributed by atoms with Crippen LogP contribution in [0, 0.1) is 0 Å². The van der Waals surface area contributed by atoms with Crippen molar-refractivity contribution in [2.45, 2.75) is 90.2 Å². The number of ether oxygens (including phenoxy) is 4. The maximum Gasteiger partial charge on any atom is 0.410 e. The van der Waals surface area contributed by atoms with Crippen LogP contribution in [0.5, 0.6) is 6.01 Å². The van der Waals surface area contributed by atoms with Gasteiger partial charge in [0.05, 0.1) is 24.2 Å². The Labute approximate surface area is 324 Å². The van der Waals surface area contributed by atoms with Crippen LogP contribution >= 0.6 is 0 Å². The van der Waals surface area contributed by atoms with Crippen LogP contribution in [0.2, 0.25) is 0 Å². The molecule has 1 N–H and O–H groups in total. The van der Waals surface area contributed by atoms with E-state index in [1.54, 1.807) is 17.1 Å². The second-order valence-electron chi connectivity index (χ2n) is 16.1. The molecule has 15 nitrogen and oxygen atoms in total. The lowest BCUT2D eigenvalue weighted by molar-refractivity contribution is -0.156. The molecule has 2 saturated heterocycles. The maximum atomic E-state index is 14.0. The molecule has 2 aromatic carbocycles. The summed E-state index contributed by atoms with van der Waals surface area (Å²) in [6.45, 7) is 11.9. The van der Waals surface area contributed by atoms with E-state index in [4.69, 9.17) is 43.4 Å². The molecule has 0 radical (unpaired) electrons. The van der Waals surface area contributed by atoms with Crippen molar-refractivity contribution in [2.75, 3.05) is 37.7 Å². The van der Waals surface area contributed by atoms with Crippen LogP contribution in [0.3, 0.4) is 0 Å². The van der Waals surface area contributed by atoms with E-state index < -0.39 is 41.9 Å². The monoisotopic (exact) mass is 768 g/mol. The molecule has 1 amide bonds. The number of carboxylic acid groups (broad SMARTS) is 1. The Bertz CT molecular complexity index is 2280. The van der Waals surface area contributed by atoms with E-state index >= 15 is 0 Å². The summed E-state index contributed by atoms with van der Waals surface area (Å²) in [5, 5.41) is 9.73. The van der Waals surface area contributed by atoms with Gasteiger partial charge >= 0.3 is 18.0 Å². The highest BCUT2D eigenvalue weighted by Crippen LogP contribution is 2.39. The molecule has 0 saturated carbocycles. The van der Waals surface area contributed by atoms with Crippen molar-refractivity contribution in [3.05, 3.63) is 60.4 Å². The Morgan fingerprint density at radius 3 is 2.38 bits per heavy atom. The fourth-order valence-corrected chi connectivity index (χ4v) is 7.18. The summed E-state index contributed by atoms with van der Waals surface area (Å²) in [6, 6.07) is 15.0. The number of hydrogen-bond acceptors (Lipinski definition) is 12. The van der Waals surface area contributed by atoms with Crippen LogP contribution < -0.4 is 9.64 Å². The number of carbonyl (C=O) groups is 3. The molecule has 2 atom stereocenters. The minimum Gasteiger partial charge on any atom is -0.480 e. The Hall–Kier alpha value is -5.70. The fraction of sp³-hybridized carbons (Fsp3) is 0.463. The number of carbonyl (C=O) groups excluding carboxylic acids is 2. The predicted molar refractivity (Wildman–Crippen MR) is 209 cm³/mol. The summed E-state index contributed by atoms with van der Waals surface area (Å²) in [4.78, 5) is 56.0. The lowest BCUT2D eigenvalue weighted by Crippen LogP contribution is -2.42. The number of hydrogen-bond donors (Lipinski definition) is 1. The summed E-state index contributed by atoms with van der Waals surface area (Å²) >= 11 is 0. The summed E-state index contributed by atoms with van der Waals surface area (Å²) in [6.07, 6.45) is 4.08. The van der Waals surface area contributed by atoms with Crippen molar-refractivity contribution in [2.24, 2.45) is 0 Å². The molecule has 56 heavy (non-hydrogen) atoms. The van der Waals surface area contributed by atoms with Gasteiger partial charge in [-0.2, -0.15) is 4.98 Å². The Morgan fingerprint density at radius 1 is 0.929 bits per heavy atom. The minimum absolute atomic E-state index is 0.00102. The SMILES string of the molecule is CC(C)(C)OC(=O)[C@@H]1C[C@H](Oc2nc3ccccc3n2C2CCN(C(=O)OC(C)(C)C)CC2)CN1c1nc(C=CCOCC(=O)O)nc2c1oc1ccccc12. The molecule has 2 aliphatic heterocycles. The summed E-state index contributed by atoms with van der Waals surface area (Å²) < 4.78 is 32.1. The van der Waals surface area contributed by atoms with Gasteiger partial charge in [0.1, 0.15) is 41.1 Å². The molecule has 2 fully saturated rings. The van der Waals surface area contributed by atoms with E-state index in [1.165, 1.54) is 0 Å². The van der Waals surface area contributed by atoms with Crippen molar-refractivity contribution < 1.29 is 42.9 Å². The quantitative estimate of drug-likeness (QED) is 0.117. The highest BCUT2D eigenvalue weighted by Gasteiger charge is 2.43. The van der Waals surface area contributed by atoms with E-state index in [0.29, 0.717) is 60.3 Å². The van der Waals surface area contributed by atoms with Crippen molar-refractivity contribution in [3.63, 3.8) is 0 Å². The van der Waals surface area contributed by atoms with Crippen molar-refractivity contribution in [3.8, 4) is 6.01 Å². The number of aliphatic carboxylic acids is 1. The molecule has 2 aliphatic rings. The number of para-hydroxylation sites is 3. The molecule has 7 rings (SSSR count). The number of amides is 1. The number of fused-ring (bicyclic) bond motifs is 4. The van der Waals surface area contributed by atoms with E-state index in [0.717, 1.165) is 16.4 Å². The van der Waals surface area contributed by atoms with E-state index in [2.05, 4.69) is 4.57 Å². The Balaban J connectivity index is 1.22. The molecular formula is C41H48N6O9. The highest BCUT2D eigenvalue weighted by molar-refractivity contribution is 6.06. The number of nitrogens with zero attached hydrogens (tertiary/aromatic N) is 6. The molecule has 5 heterocycles. The van der Waals surface area contributed by atoms with Gasteiger partial charge in [-0.1, -0.05) is 30.3 Å². The second kappa shape index (κ2) is 15.4. The van der Waals surface area contributed by atoms with E-state index in [1.807, 2.05) is 95.0 Å². The largest absolute Gasteiger partial charge is 0.480 e.